The number of alkyl halides is 3. The SMILES string of the molecule is O=C(N[C@@H]1CCc2ccccc21)N1CCC([C@@H](O)C(F)(F)F)CC1. The lowest BCUT2D eigenvalue weighted by molar-refractivity contribution is -0.222. The highest BCUT2D eigenvalue weighted by Gasteiger charge is 2.44. The zero-order chi connectivity index (χ0) is 17.3. The van der Waals surface area contributed by atoms with Crippen molar-refractivity contribution in [2.24, 2.45) is 5.92 Å². The maximum absolute atomic E-state index is 12.6. The van der Waals surface area contributed by atoms with E-state index in [-0.39, 0.29) is 38.0 Å². The first-order valence-corrected chi connectivity index (χ1v) is 8.24. The van der Waals surface area contributed by atoms with E-state index >= 15 is 0 Å². The lowest BCUT2D eigenvalue weighted by atomic mass is 9.91. The molecule has 1 heterocycles. The van der Waals surface area contributed by atoms with Crippen LogP contribution in [0.5, 0.6) is 0 Å². The van der Waals surface area contributed by atoms with Gasteiger partial charge in [-0.15, -0.1) is 0 Å². The van der Waals surface area contributed by atoms with Gasteiger partial charge in [0.2, 0.25) is 0 Å². The van der Waals surface area contributed by atoms with Crippen LogP contribution in [0.25, 0.3) is 0 Å². The molecule has 2 amide bonds. The molecule has 1 aliphatic heterocycles. The van der Waals surface area contributed by atoms with Gasteiger partial charge in [-0.25, -0.2) is 4.79 Å². The summed E-state index contributed by atoms with van der Waals surface area (Å²) in [7, 11) is 0. The van der Waals surface area contributed by atoms with Crippen LogP contribution >= 0.6 is 0 Å². The maximum Gasteiger partial charge on any atom is 0.414 e. The Bertz CT molecular complexity index is 598. The molecule has 0 saturated carbocycles. The first kappa shape index (κ1) is 17.1. The normalized spacial score (nSPS) is 23.0. The number of rotatable bonds is 2. The molecule has 3 rings (SSSR count). The molecule has 132 valence electrons. The van der Waals surface area contributed by atoms with Crippen molar-refractivity contribution in [2.45, 2.75) is 44.0 Å². The van der Waals surface area contributed by atoms with Gasteiger partial charge < -0.3 is 15.3 Å². The number of likely N-dealkylation sites (tertiary alicyclic amines) is 1. The molecular weight excluding hydrogens is 321 g/mol. The summed E-state index contributed by atoms with van der Waals surface area (Å²) in [6, 6.07) is 7.68. The summed E-state index contributed by atoms with van der Waals surface area (Å²) in [6.07, 6.45) is -4.81. The van der Waals surface area contributed by atoms with E-state index in [1.807, 2.05) is 24.3 Å². The van der Waals surface area contributed by atoms with Crippen molar-refractivity contribution in [1.29, 1.82) is 0 Å². The lowest BCUT2D eigenvalue weighted by Crippen LogP contribution is -2.48. The summed E-state index contributed by atoms with van der Waals surface area (Å²) in [4.78, 5) is 13.9. The third-order valence-corrected chi connectivity index (χ3v) is 5.04. The molecule has 2 atom stereocenters. The van der Waals surface area contributed by atoms with Crippen LogP contribution in [0, 0.1) is 5.92 Å². The summed E-state index contributed by atoms with van der Waals surface area (Å²) in [5, 5.41) is 12.3. The van der Waals surface area contributed by atoms with Gasteiger partial charge in [-0.05, 0) is 42.7 Å². The maximum atomic E-state index is 12.6. The van der Waals surface area contributed by atoms with Crippen LogP contribution in [-0.2, 0) is 6.42 Å². The summed E-state index contributed by atoms with van der Waals surface area (Å²) in [5.41, 5.74) is 2.35. The van der Waals surface area contributed by atoms with E-state index in [2.05, 4.69) is 5.32 Å². The molecule has 24 heavy (non-hydrogen) atoms. The molecule has 1 aliphatic carbocycles. The summed E-state index contributed by atoms with van der Waals surface area (Å²) >= 11 is 0. The van der Waals surface area contributed by atoms with Crippen LogP contribution in [0.3, 0.4) is 0 Å². The smallest absolute Gasteiger partial charge is 0.383 e. The molecule has 2 aliphatic rings. The standard InChI is InChI=1S/C17H21F3N2O2/c18-17(19,20)15(23)12-7-9-22(10-8-12)16(24)21-14-6-5-11-3-1-2-4-13(11)14/h1-4,12,14-15,23H,5-10H2,(H,21,24)/t14-,15-/m1/s1. The van der Waals surface area contributed by atoms with E-state index in [0.29, 0.717) is 0 Å². The number of fused-ring (bicyclic) bond motifs is 1. The number of urea groups is 1. The molecule has 0 radical (unpaired) electrons. The molecule has 0 bridgehead atoms. The zero-order valence-corrected chi connectivity index (χ0v) is 13.2. The Labute approximate surface area is 138 Å². The lowest BCUT2D eigenvalue weighted by Gasteiger charge is -2.35. The zero-order valence-electron chi connectivity index (χ0n) is 13.2. The minimum atomic E-state index is -4.59. The van der Waals surface area contributed by atoms with Gasteiger partial charge in [-0.2, -0.15) is 13.2 Å². The summed E-state index contributed by atoms with van der Waals surface area (Å²) in [6.45, 7) is 0.468. The number of carbonyl (C=O) groups is 1. The van der Waals surface area contributed by atoms with Crippen LogP contribution in [0.2, 0.25) is 0 Å². The second-order valence-electron chi connectivity index (χ2n) is 6.55. The largest absolute Gasteiger partial charge is 0.414 e. The second-order valence-corrected chi connectivity index (χ2v) is 6.55. The Balaban J connectivity index is 1.53. The van der Waals surface area contributed by atoms with Crippen molar-refractivity contribution in [3.8, 4) is 0 Å². The van der Waals surface area contributed by atoms with Crippen molar-refractivity contribution < 1.29 is 23.1 Å². The first-order valence-electron chi connectivity index (χ1n) is 8.24. The second kappa shape index (κ2) is 6.63. The third-order valence-electron chi connectivity index (χ3n) is 5.04. The van der Waals surface area contributed by atoms with Crippen LogP contribution in [0.1, 0.15) is 36.4 Å². The fraction of sp³-hybridized carbons (Fsp3) is 0.588. The highest BCUT2D eigenvalue weighted by Crippen LogP contribution is 2.33. The number of carbonyl (C=O) groups excluding carboxylic acids is 1. The van der Waals surface area contributed by atoms with Gasteiger partial charge in [0.05, 0.1) is 6.04 Å². The van der Waals surface area contributed by atoms with Gasteiger partial charge in [-0.3, -0.25) is 0 Å². The first-order chi connectivity index (χ1) is 11.4. The van der Waals surface area contributed by atoms with Crippen LogP contribution in [0.15, 0.2) is 24.3 Å². The van der Waals surface area contributed by atoms with Gasteiger partial charge in [0, 0.05) is 13.1 Å². The molecule has 1 fully saturated rings. The number of aliphatic hydroxyl groups excluding tert-OH is 1. The number of amides is 2. The predicted octanol–water partition coefficient (Wildman–Crippen LogP) is 3.02. The number of halogens is 3. The fourth-order valence-corrected chi connectivity index (χ4v) is 3.63. The van der Waals surface area contributed by atoms with Crippen LogP contribution in [-0.4, -0.2) is 41.4 Å². The molecule has 1 saturated heterocycles. The summed E-state index contributed by atoms with van der Waals surface area (Å²) < 4.78 is 37.7. The Kier molecular flexibility index (Phi) is 4.71. The summed E-state index contributed by atoms with van der Waals surface area (Å²) in [5.74, 6) is -0.832. The monoisotopic (exact) mass is 342 g/mol. The quantitative estimate of drug-likeness (QED) is 0.868. The van der Waals surface area contributed by atoms with E-state index in [0.717, 1.165) is 18.4 Å². The third kappa shape index (κ3) is 3.50. The van der Waals surface area contributed by atoms with Gasteiger partial charge in [0.15, 0.2) is 6.10 Å². The van der Waals surface area contributed by atoms with Crippen molar-refractivity contribution in [1.82, 2.24) is 10.2 Å². The van der Waals surface area contributed by atoms with Crippen molar-refractivity contribution in [3.05, 3.63) is 35.4 Å². The molecule has 0 unspecified atom stereocenters. The van der Waals surface area contributed by atoms with Crippen LogP contribution < -0.4 is 5.32 Å². The number of hydrogen-bond acceptors (Lipinski definition) is 2. The highest BCUT2D eigenvalue weighted by molar-refractivity contribution is 5.75. The van der Waals surface area contributed by atoms with E-state index in [1.165, 1.54) is 5.56 Å². The number of benzene rings is 1. The van der Waals surface area contributed by atoms with E-state index < -0.39 is 18.2 Å². The molecule has 7 heteroatoms. The molecule has 4 nitrogen and oxygen atoms in total. The Morgan fingerprint density at radius 2 is 1.88 bits per heavy atom. The topological polar surface area (TPSA) is 52.6 Å². The molecule has 1 aromatic carbocycles. The number of nitrogens with zero attached hydrogens (tertiary/aromatic N) is 1. The van der Waals surface area contributed by atoms with E-state index in [9.17, 15) is 23.1 Å². The average Bonchev–Trinajstić information content (AvgIpc) is 2.96. The Hall–Kier alpha value is -1.76. The van der Waals surface area contributed by atoms with Gasteiger partial charge >= 0.3 is 12.2 Å². The molecule has 1 aromatic rings. The minimum absolute atomic E-state index is 0.0350. The van der Waals surface area contributed by atoms with Crippen molar-refractivity contribution in [3.63, 3.8) is 0 Å². The van der Waals surface area contributed by atoms with Gasteiger partial charge in [0.25, 0.3) is 0 Å². The average molecular weight is 342 g/mol. The highest BCUT2D eigenvalue weighted by atomic mass is 19.4. The fourth-order valence-electron chi connectivity index (χ4n) is 3.63. The number of nitrogens with one attached hydrogen (secondary N) is 1. The van der Waals surface area contributed by atoms with E-state index in [4.69, 9.17) is 0 Å². The Morgan fingerprint density at radius 1 is 1.21 bits per heavy atom. The van der Waals surface area contributed by atoms with Crippen molar-refractivity contribution in [2.75, 3.05) is 13.1 Å². The van der Waals surface area contributed by atoms with Gasteiger partial charge in [0.1, 0.15) is 0 Å². The number of piperidine rings is 1. The number of aliphatic hydroxyl groups is 1. The van der Waals surface area contributed by atoms with Gasteiger partial charge in [-0.1, -0.05) is 24.3 Å². The molecule has 2 N–H and O–H groups in total. The molecular formula is C17H21F3N2O2. The molecule has 0 aromatic heterocycles. The Morgan fingerprint density at radius 3 is 2.54 bits per heavy atom. The number of aryl methyl sites for hydroxylation is 1. The predicted molar refractivity (Wildman–Crippen MR) is 82.4 cm³/mol. The van der Waals surface area contributed by atoms with Crippen molar-refractivity contribution >= 4 is 6.03 Å². The molecule has 0 spiro atoms. The minimum Gasteiger partial charge on any atom is -0.383 e. The number of hydrogen-bond donors (Lipinski definition) is 2. The van der Waals surface area contributed by atoms with E-state index in [1.54, 1.807) is 4.90 Å². The van der Waals surface area contributed by atoms with Crippen LogP contribution in [0.4, 0.5) is 18.0 Å².